The van der Waals surface area contributed by atoms with E-state index in [1.165, 1.54) is 0 Å². The second-order valence-corrected chi connectivity index (χ2v) is 2.95. The van der Waals surface area contributed by atoms with Crippen LogP contribution < -0.4 is 5.32 Å². The molecule has 0 saturated heterocycles. The van der Waals surface area contributed by atoms with Crippen LogP contribution in [0.3, 0.4) is 0 Å². The number of Topliss-reactive ketones (excluding diaryl/α,β-unsaturated/α-hetero) is 1. The lowest BCUT2D eigenvalue weighted by Crippen LogP contribution is -2.00. The first-order chi connectivity index (χ1) is 5.77. The summed E-state index contributed by atoms with van der Waals surface area (Å²) in [5.41, 5.74) is 1.69. The minimum atomic E-state index is 0. The lowest BCUT2D eigenvalue weighted by atomic mass is 10.1. The average Bonchev–Trinajstić information content (AvgIpc) is 2.17. The zero-order valence-electron chi connectivity index (χ0n) is 7.21. The standard InChI is InChI=1S/C9H10BrNO.BrH/c1-11-8-4-2-3-7(5-8)9(12)6-10;/h2-5,11H,6H2,1H3;1H. The Morgan fingerprint density at radius 1 is 1.54 bits per heavy atom. The van der Waals surface area contributed by atoms with E-state index in [1.54, 1.807) is 0 Å². The van der Waals surface area contributed by atoms with E-state index < -0.39 is 0 Å². The third-order valence-electron chi connectivity index (χ3n) is 1.59. The summed E-state index contributed by atoms with van der Waals surface area (Å²) in [6.45, 7) is 0. The molecule has 0 aliphatic heterocycles. The van der Waals surface area contributed by atoms with E-state index in [9.17, 15) is 4.79 Å². The first-order valence-electron chi connectivity index (χ1n) is 3.65. The topological polar surface area (TPSA) is 29.1 Å². The van der Waals surface area contributed by atoms with Gasteiger partial charge in [-0.2, -0.15) is 0 Å². The number of alkyl halides is 1. The molecule has 0 fully saturated rings. The summed E-state index contributed by atoms with van der Waals surface area (Å²) in [5.74, 6) is 0.104. The fourth-order valence-corrected chi connectivity index (χ4v) is 1.25. The predicted octanol–water partition coefficient (Wildman–Crippen LogP) is 2.88. The highest BCUT2D eigenvalue weighted by molar-refractivity contribution is 9.09. The maximum Gasteiger partial charge on any atom is 0.173 e. The van der Waals surface area contributed by atoms with Crippen molar-refractivity contribution in [2.75, 3.05) is 17.7 Å². The summed E-state index contributed by atoms with van der Waals surface area (Å²) in [4.78, 5) is 11.2. The molecule has 0 aromatic heterocycles. The van der Waals surface area contributed by atoms with Gasteiger partial charge in [0.1, 0.15) is 0 Å². The molecule has 1 rings (SSSR count). The molecule has 0 saturated carbocycles. The summed E-state index contributed by atoms with van der Waals surface area (Å²) in [5, 5.41) is 3.35. The summed E-state index contributed by atoms with van der Waals surface area (Å²) >= 11 is 3.13. The van der Waals surface area contributed by atoms with Gasteiger partial charge in [-0.25, -0.2) is 0 Å². The number of ketones is 1. The van der Waals surface area contributed by atoms with Gasteiger partial charge in [-0.3, -0.25) is 4.79 Å². The van der Waals surface area contributed by atoms with Crippen LogP contribution in [0.1, 0.15) is 10.4 Å². The smallest absolute Gasteiger partial charge is 0.173 e. The molecular formula is C9H11Br2NO. The van der Waals surface area contributed by atoms with Crippen LogP contribution >= 0.6 is 32.9 Å². The fraction of sp³-hybridized carbons (Fsp3) is 0.222. The predicted molar refractivity (Wildman–Crippen MR) is 64.4 cm³/mol. The van der Waals surface area contributed by atoms with Gasteiger partial charge >= 0.3 is 0 Å². The van der Waals surface area contributed by atoms with Gasteiger partial charge in [-0.1, -0.05) is 28.1 Å². The van der Waals surface area contributed by atoms with E-state index in [-0.39, 0.29) is 22.8 Å². The van der Waals surface area contributed by atoms with Crippen LogP contribution in [0.25, 0.3) is 0 Å². The Morgan fingerprint density at radius 3 is 2.77 bits per heavy atom. The van der Waals surface area contributed by atoms with E-state index in [0.29, 0.717) is 5.33 Å². The molecule has 72 valence electrons. The van der Waals surface area contributed by atoms with Crippen LogP contribution in [-0.2, 0) is 0 Å². The molecule has 1 aromatic carbocycles. The van der Waals surface area contributed by atoms with E-state index >= 15 is 0 Å². The van der Waals surface area contributed by atoms with Crippen LogP contribution in [-0.4, -0.2) is 18.2 Å². The Kier molecular flexibility index (Phi) is 5.99. The summed E-state index contributed by atoms with van der Waals surface area (Å²) in [6, 6.07) is 7.43. The van der Waals surface area contributed by atoms with Crippen LogP contribution in [0.4, 0.5) is 5.69 Å². The first-order valence-corrected chi connectivity index (χ1v) is 4.77. The van der Waals surface area contributed by atoms with Crippen LogP contribution in [0.2, 0.25) is 0 Å². The van der Waals surface area contributed by atoms with Gasteiger partial charge in [-0.05, 0) is 12.1 Å². The SMILES string of the molecule is Br.CNc1cccc(C(=O)CBr)c1. The van der Waals surface area contributed by atoms with Crippen molar-refractivity contribution in [2.45, 2.75) is 0 Å². The van der Waals surface area contributed by atoms with Crippen molar-refractivity contribution < 1.29 is 4.79 Å². The van der Waals surface area contributed by atoms with Crippen LogP contribution in [0, 0.1) is 0 Å². The van der Waals surface area contributed by atoms with Gasteiger partial charge in [0.2, 0.25) is 0 Å². The molecule has 0 aliphatic carbocycles. The Labute approximate surface area is 96.6 Å². The van der Waals surface area contributed by atoms with E-state index in [1.807, 2.05) is 31.3 Å². The maximum atomic E-state index is 11.2. The van der Waals surface area contributed by atoms with Crippen molar-refractivity contribution in [3.8, 4) is 0 Å². The molecular weight excluding hydrogens is 298 g/mol. The zero-order chi connectivity index (χ0) is 8.97. The molecule has 0 spiro atoms. The van der Waals surface area contributed by atoms with Gasteiger partial charge in [0.15, 0.2) is 5.78 Å². The van der Waals surface area contributed by atoms with Crippen molar-refractivity contribution in [1.82, 2.24) is 0 Å². The van der Waals surface area contributed by atoms with Crippen molar-refractivity contribution in [2.24, 2.45) is 0 Å². The number of hydrogen-bond donors (Lipinski definition) is 1. The van der Waals surface area contributed by atoms with Gasteiger partial charge in [0.25, 0.3) is 0 Å². The normalized spacial score (nSPS) is 8.77. The number of nitrogens with one attached hydrogen (secondary N) is 1. The van der Waals surface area contributed by atoms with E-state index in [2.05, 4.69) is 21.2 Å². The Balaban J connectivity index is 0.00000144. The molecule has 13 heavy (non-hydrogen) atoms. The second kappa shape index (κ2) is 6.16. The van der Waals surface area contributed by atoms with E-state index in [4.69, 9.17) is 0 Å². The van der Waals surface area contributed by atoms with Crippen molar-refractivity contribution in [3.63, 3.8) is 0 Å². The van der Waals surface area contributed by atoms with Crippen molar-refractivity contribution >= 4 is 44.4 Å². The number of hydrogen-bond acceptors (Lipinski definition) is 2. The molecule has 0 bridgehead atoms. The number of rotatable bonds is 3. The highest BCUT2D eigenvalue weighted by atomic mass is 79.9. The van der Waals surface area contributed by atoms with Gasteiger partial charge in [-0.15, -0.1) is 17.0 Å². The summed E-state index contributed by atoms with van der Waals surface area (Å²) < 4.78 is 0. The molecule has 1 aromatic rings. The minimum absolute atomic E-state index is 0. The number of carbonyl (C=O) groups is 1. The lowest BCUT2D eigenvalue weighted by molar-refractivity contribution is 0.102. The number of carbonyl (C=O) groups excluding carboxylic acids is 1. The quantitative estimate of drug-likeness (QED) is 0.687. The fourth-order valence-electron chi connectivity index (χ4n) is 0.925. The number of benzene rings is 1. The highest BCUT2D eigenvalue weighted by Crippen LogP contribution is 2.10. The Bertz CT molecular complexity index is 289. The molecule has 0 radical (unpaired) electrons. The molecule has 2 nitrogen and oxygen atoms in total. The maximum absolute atomic E-state index is 11.2. The number of halogens is 2. The van der Waals surface area contributed by atoms with Gasteiger partial charge < -0.3 is 5.32 Å². The third kappa shape index (κ3) is 3.48. The van der Waals surface area contributed by atoms with Crippen molar-refractivity contribution in [1.29, 1.82) is 0 Å². The van der Waals surface area contributed by atoms with Crippen molar-refractivity contribution in [3.05, 3.63) is 29.8 Å². The summed E-state index contributed by atoms with van der Waals surface area (Å²) in [7, 11) is 1.83. The largest absolute Gasteiger partial charge is 0.388 e. The molecule has 0 aliphatic rings. The van der Waals surface area contributed by atoms with E-state index in [0.717, 1.165) is 11.3 Å². The molecule has 1 N–H and O–H groups in total. The molecule has 0 unspecified atom stereocenters. The van der Waals surface area contributed by atoms with Crippen LogP contribution in [0.5, 0.6) is 0 Å². The Morgan fingerprint density at radius 2 is 2.23 bits per heavy atom. The average molecular weight is 309 g/mol. The summed E-state index contributed by atoms with van der Waals surface area (Å²) in [6.07, 6.45) is 0. The van der Waals surface area contributed by atoms with Crippen LogP contribution in [0.15, 0.2) is 24.3 Å². The Hall–Kier alpha value is -0.350. The monoisotopic (exact) mass is 307 g/mol. The first kappa shape index (κ1) is 12.7. The molecule has 0 amide bonds. The van der Waals surface area contributed by atoms with Gasteiger partial charge in [0, 0.05) is 18.3 Å². The molecule has 4 heteroatoms. The molecule has 0 atom stereocenters. The van der Waals surface area contributed by atoms with Gasteiger partial charge in [0.05, 0.1) is 5.33 Å². The minimum Gasteiger partial charge on any atom is -0.388 e. The second-order valence-electron chi connectivity index (χ2n) is 2.39. The third-order valence-corrected chi connectivity index (χ3v) is 2.10. The highest BCUT2D eigenvalue weighted by Gasteiger charge is 2.02. The molecule has 0 heterocycles. The number of anilines is 1. The lowest BCUT2D eigenvalue weighted by Gasteiger charge is -2.01. The zero-order valence-corrected chi connectivity index (χ0v) is 10.5.